The molecule has 0 N–H and O–H groups in total. The third-order valence-corrected chi connectivity index (χ3v) is 3.66. The lowest BCUT2D eigenvalue weighted by Crippen LogP contribution is -1.91. The fraction of sp³-hybridized carbons (Fsp3) is 1.00. The van der Waals surface area contributed by atoms with Crippen molar-refractivity contribution in [2.75, 3.05) is 0 Å². The first kappa shape index (κ1) is 5.51. The highest BCUT2D eigenvalue weighted by atomic mass is 127. The number of hydrogen-bond donors (Lipinski definition) is 0. The second-order valence-corrected chi connectivity index (χ2v) is 5.10. The largest absolute Gasteiger partial charge is 0.0826 e. The molecular weight excluding hydrogens is 211 g/mol. The van der Waals surface area contributed by atoms with E-state index in [1.165, 1.54) is 12.8 Å². The van der Waals surface area contributed by atoms with Gasteiger partial charge in [0.1, 0.15) is 0 Å². The Morgan fingerprint density at radius 2 is 2.00 bits per heavy atom. The van der Waals surface area contributed by atoms with Gasteiger partial charge in [0.2, 0.25) is 0 Å². The van der Waals surface area contributed by atoms with Crippen molar-refractivity contribution in [2.45, 2.75) is 36.0 Å². The van der Waals surface area contributed by atoms with E-state index in [0.717, 1.165) is 9.34 Å². The molecule has 8 heavy (non-hydrogen) atoms. The molecule has 1 spiro atoms. The van der Waals surface area contributed by atoms with E-state index in [9.17, 15) is 0 Å². The molecule has 0 aromatic heterocycles. The van der Waals surface area contributed by atoms with Gasteiger partial charge in [0, 0.05) is 3.92 Å². The monoisotopic (exact) mass is 222 g/mol. The van der Waals surface area contributed by atoms with Crippen molar-refractivity contribution in [3.63, 3.8) is 0 Å². The Morgan fingerprint density at radius 1 is 1.25 bits per heavy atom. The molecule has 0 nitrogen and oxygen atoms in total. The van der Waals surface area contributed by atoms with Crippen molar-refractivity contribution in [1.82, 2.24) is 0 Å². The molecule has 0 saturated heterocycles. The molecule has 0 amide bonds. The third kappa shape index (κ3) is 0.789. The first-order chi connectivity index (χ1) is 3.81. The van der Waals surface area contributed by atoms with Gasteiger partial charge in [0.15, 0.2) is 0 Å². The Hall–Kier alpha value is 0.730. The van der Waals surface area contributed by atoms with Crippen molar-refractivity contribution >= 4 is 22.6 Å². The summed E-state index contributed by atoms with van der Waals surface area (Å²) in [6.07, 6.45) is 7.67. The molecule has 1 unspecified atom stereocenters. The van der Waals surface area contributed by atoms with E-state index < -0.39 is 0 Å². The maximum atomic E-state index is 2.60. The smallest absolute Gasteiger partial charge is 0.0115 e. The summed E-state index contributed by atoms with van der Waals surface area (Å²) in [5.74, 6) is 0. The van der Waals surface area contributed by atoms with Crippen LogP contribution in [0.4, 0.5) is 0 Å². The van der Waals surface area contributed by atoms with Crippen LogP contribution in [0.2, 0.25) is 0 Å². The molecule has 0 radical (unpaired) electrons. The summed E-state index contributed by atoms with van der Waals surface area (Å²) < 4.78 is 1.02. The summed E-state index contributed by atoms with van der Waals surface area (Å²) in [6, 6.07) is 0. The van der Waals surface area contributed by atoms with Crippen LogP contribution in [0.3, 0.4) is 0 Å². The molecule has 2 fully saturated rings. The summed E-state index contributed by atoms with van der Waals surface area (Å²) in [6.45, 7) is 0. The van der Waals surface area contributed by atoms with Crippen LogP contribution in [-0.4, -0.2) is 3.92 Å². The molecule has 0 aliphatic heterocycles. The fourth-order valence-corrected chi connectivity index (χ4v) is 3.01. The van der Waals surface area contributed by atoms with Gasteiger partial charge in [0.05, 0.1) is 0 Å². The van der Waals surface area contributed by atoms with Crippen LogP contribution >= 0.6 is 22.6 Å². The lowest BCUT2D eigenvalue weighted by molar-refractivity contribution is 0.538. The summed E-state index contributed by atoms with van der Waals surface area (Å²) in [7, 11) is 0. The predicted octanol–water partition coefficient (Wildman–Crippen LogP) is 2.75. The summed E-state index contributed by atoms with van der Waals surface area (Å²) in [5.41, 5.74) is 0.909. The van der Waals surface area contributed by atoms with Crippen molar-refractivity contribution in [1.29, 1.82) is 0 Å². The normalized spacial score (nSPS) is 40.9. The second-order valence-electron chi connectivity index (χ2n) is 3.34. The molecule has 0 aromatic carbocycles. The Morgan fingerprint density at radius 3 is 2.25 bits per heavy atom. The standard InChI is InChI=1S/C7H11I/c8-6-1-2-7(5-6)3-4-7/h6H,1-5H2. The average molecular weight is 222 g/mol. The Bertz CT molecular complexity index is 105. The van der Waals surface area contributed by atoms with Gasteiger partial charge in [-0.05, 0) is 37.5 Å². The van der Waals surface area contributed by atoms with Crippen LogP contribution in [0.5, 0.6) is 0 Å². The topological polar surface area (TPSA) is 0 Å². The molecule has 0 bridgehead atoms. The van der Waals surface area contributed by atoms with Gasteiger partial charge >= 0.3 is 0 Å². The number of hydrogen-bond acceptors (Lipinski definition) is 0. The van der Waals surface area contributed by atoms with Gasteiger partial charge in [-0.25, -0.2) is 0 Å². The maximum absolute atomic E-state index is 2.60. The maximum Gasteiger partial charge on any atom is 0.0115 e. The molecule has 46 valence electrons. The van der Waals surface area contributed by atoms with Crippen molar-refractivity contribution in [2.24, 2.45) is 5.41 Å². The van der Waals surface area contributed by atoms with Gasteiger partial charge in [-0.15, -0.1) is 0 Å². The van der Waals surface area contributed by atoms with Crippen LogP contribution in [-0.2, 0) is 0 Å². The van der Waals surface area contributed by atoms with E-state index in [-0.39, 0.29) is 0 Å². The Balaban J connectivity index is 2.03. The van der Waals surface area contributed by atoms with E-state index in [0.29, 0.717) is 0 Å². The molecule has 2 saturated carbocycles. The molecule has 2 aliphatic carbocycles. The molecule has 1 atom stereocenters. The zero-order valence-corrected chi connectivity index (χ0v) is 7.15. The summed E-state index contributed by atoms with van der Waals surface area (Å²) in [4.78, 5) is 0. The Kier molecular flexibility index (Phi) is 1.11. The predicted molar refractivity (Wildman–Crippen MR) is 43.3 cm³/mol. The van der Waals surface area contributed by atoms with Gasteiger partial charge in [-0.1, -0.05) is 22.6 Å². The first-order valence-electron chi connectivity index (χ1n) is 3.45. The van der Waals surface area contributed by atoms with Crippen LogP contribution in [0.15, 0.2) is 0 Å². The van der Waals surface area contributed by atoms with Gasteiger partial charge in [0.25, 0.3) is 0 Å². The van der Waals surface area contributed by atoms with Gasteiger partial charge < -0.3 is 0 Å². The molecule has 1 heteroatoms. The number of rotatable bonds is 0. The van der Waals surface area contributed by atoms with Crippen molar-refractivity contribution in [3.8, 4) is 0 Å². The highest BCUT2D eigenvalue weighted by Gasteiger charge is 2.47. The molecule has 2 rings (SSSR count). The van der Waals surface area contributed by atoms with Gasteiger partial charge in [-0.3, -0.25) is 0 Å². The zero-order valence-electron chi connectivity index (χ0n) is 4.99. The highest BCUT2D eigenvalue weighted by molar-refractivity contribution is 14.1. The first-order valence-corrected chi connectivity index (χ1v) is 4.69. The minimum atomic E-state index is 0.909. The molecule has 2 aliphatic rings. The highest BCUT2D eigenvalue weighted by Crippen LogP contribution is 2.59. The lowest BCUT2D eigenvalue weighted by Gasteiger charge is -2.00. The van der Waals surface area contributed by atoms with Crippen LogP contribution in [0.1, 0.15) is 32.1 Å². The molecule has 0 heterocycles. The second kappa shape index (κ2) is 1.61. The molecular formula is C7H11I. The fourth-order valence-electron chi connectivity index (χ4n) is 1.77. The Labute approximate surface area is 64.2 Å². The van der Waals surface area contributed by atoms with Crippen LogP contribution in [0, 0.1) is 5.41 Å². The molecule has 0 aromatic rings. The minimum Gasteiger partial charge on any atom is -0.0826 e. The third-order valence-electron chi connectivity index (χ3n) is 2.60. The number of alkyl halides is 1. The van der Waals surface area contributed by atoms with E-state index in [4.69, 9.17) is 0 Å². The van der Waals surface area contributed by atoms with Crippen LogP contribution < -0.4 is 0 Å². The lowest BCUT2D eigenvalue weighted by atomic mass is 10.1. The van der Waals surface area contributed by atoms with E-state index in [2.05, 4.69) is 22.6 Å². The van der Waals surface area contributed by atoms with Crippen molar-refractivity contribution in [3.05, 3.63) is 0 Å². The zero-order chi connectivity index (χ0) is 5.61. The van der Waals surface area contributed by atoms with Crippen molar-refractivity contribution < 1.29 is 0 Å². The SMILES string of the molecule is IC1CCC2(CC2)C1. The number of halogens is 1. The average Bonchev–Trinajstić information content (AvgIpc) is 2.34. The van der Waals surface area contributed by atoms with E-state index in [1.54, 1.807) is 19.3 Å². The minimum absolute atomic E-state index is 0.909. The van der Waals surface area contributed by atoms with Crippen LogP contribution in [0.25, 0.3) is 0 Å². The summed E-state index contributed by atoms with van der Waals surface area (Å²) in [5, 5.41) is 0. The summed E-state index contributed by atoms with van der Waals surface area (Å²) >= 11 is 2.60. The quantitative estimate of drug-likeness (QED) is 0.436. The van der Waals surface area contributed by atoms with E-state index >= 15 is 0 Å². The van der Waals surface area contributed by atoms with E-state index in [1.807, 2.05) is 0 Å². The van der Waals surface area contributed by atoms with Gasteiger partial charge in [-0.2, -0.15) is 0 Å².